The van der Waals surface area contributed by atoms with Crippen molar-refractivity contribution in [2.45, 2.75) is 495 Å². The van der Waals surface area contributed by atoms with E-state index in [9.17, 15) is 19.5 Å². The molecule has 582 valence electrons. The van der Waals surface area contributed by atoms with Crippen LogP contribution in [0.25, 0.3) is 0 Å². The Hall–Kier alpha value is -1.97. The number of esters is 2. The van der Waals surface area contributed by atoms with Gasteiger partial charge in [-0.1, -0.05) is 443 Å². The SMILES string of the molecule is CCCCCCCCCC/C=C\CCCCCCCCCCCCCCCCCCCCCCCC(=O)OC(COC(=O)CCCCCCCCCCCCCCCCCCCCCCCCCCCCCCCCCCCCCCCCCC)COC(OCC[N+](C)(C)C)C(=O)O. The fourth-order valence-corrected chi connectivity index (χ4v) is 14.0. The Morgan fingerprint density at radius 1 is 0.296 bits per heavy atom. The maximum absolute atomic E-state index is 13.0. The first-order valence-electron chi connectivity index (χ1n) is 44.4. The van der Waals surface area contributed by atoms with Crippen LogP contribution < -0.4 is 0 Å². The van der Waals surface area contributed by atoms with Crippen molar-refractivity contribution in [1.29, 1.82) is 0 Å². The highest BCUT2D eigenvalue weighted by Crippen LogP contribution is 2.21. The average Bonchev–Trinajstić information content (AvgIpc) is 1.14. The van der Waals surface area contributed by atoms with Crippen molar-refractivity contribution in [3.8, 4) is 0 Å². The van der Waals surface area contributed by atoms with Crippen molar-refractivity contribution in [2.24, 2.45) is 0 Å². The maximum Gasteiger partial charge on any atom is 0.361 e. The number of carbonyl (C=O) groups excluding carboxylic acids is 2. The third-order valence-electron chi connectivity index (χ3n) is 20.8. The standard InChI is InChI=1S/C89H173NO8/c1-6-8-10-12-14-16-18-20-22-24-26-28-30-32-34-36-38-40-41-42-43-44-45-46-48-49-51-53-55-57-59-61-63-65-67-69-71-73-75-77-79-86(91)96-83-85(84-97-89(88(93)94)95-82-81-90(3,4)5)98-87(92)80-78-76-74-72-70-68-66-64-62-60-58-56-54-52-50-47-39-37-35-33-31-29-27-25-23-21-19-17-15-13-11-9-7-2/h25,27,85,89H,6-24,26,28-84H2,1-5H3/p+1/b27-25-. The van der Waals surface area contributed by atoms with Crippen molar-refractivity contribution >= 4 is 17.9 Å². The molecule has 9 heteroatoms. The molecule has 0 rings (SSSR count). The van der Waals surface area contributed by atoms with Crippen LogP contribution in [-0.2, 0) is 33.3 Å². The number of carbonyl (C=O) groups is 3. The molecule has 0 aromatic heterocycles. The second-order valence-electron chi connectivity index (χ2n) is 31.9. The van der Waals surface area contributed by atoms with Gasteiger partial charge in [-0.25, -0.2) is 4.79 Å². The third kappa shape index (κ3) is 81.3. The van der Waals surface area contributed by atoms with Crippen molar-refractivity contribution in [2.75, 3.05) is 47.5 Å². The van der Waals surface area contributed by atoms with Gasteiger partial charge in [-0.3, -0.25) is 9.59 Å². The van der Waals surface area contributed by atoms with Gasteiger partial charge >= 0.3 is 17.9 Å². The summed E-state index contributed by atoms with van der Waals surface area (Å²) in [6.45, 7) is 4.98. The van der Waals surface area contributed by atoms with E-state index in [1.165, 1.54) is 417 Å². The summed E-state index contributed by atoms with van der Waals surface area (Å²) in [7, 11) is 6.01. The van der Waals surface area contributed by atoms with E-state index in [1.807, 2.05) is 21.1 Å². The Morgan fingerprint density at radius 3 is 0.755 bits per heavy atom. The zero-order valence-corrected chi connectivity index (χ0v) is 67.0. The molecule has 1 N–H and O–H groups in total. The Bertz CT molecular complexity index is 1610. The summed E-state index contributed by atoms with van der Waals surface area (Å²) in [5, 5.41) is 9.79. The topological polar surface area (TPSA) is 108 Å². The predicted molar refractivity (Wildman–Crippen MR) is 425 cm³/mol. The Kier molecular flexibility index (Phi) is 79.1. The first-order chi connectivity index (χ1) is 48.1. The smallest absolute Gasteiger partial charge is 0.361 e. The number of ether oxygens (including phenoxy) is 4. The Morgan fingerprint density at radius 2 is 0.520 bits per heavy atom. The normalized spacial score (nSPS) is 12.5. The largest absolute Gasteiger partial charge is 0.477 e. The van der Waals surface area contributed by atoms with Crippen LogP contribution in [0.15, 0.2) is 12.2 Å². The number of likely N-dealkylation sites (N-methyl/N-ethyl adjacent to an activating group) is 1. The van der Waals surface area contributed by atoms with Gasteiger partial charge in [0, 0.05) is 12.8 Å². The molecule has 0 heterocycles. The van der Waals surface area contributed by atoms with Gasteiger partial charge in [-0.05, 0) is 38.5 Å². The number of hydrogen-bond donors (Lipinski definition) is 1. The summed E-state index contributed by atoms with van der Waals surface area (Å²) in [6, 6.07) is 0. The summed E-state index contributed by atoms with van der Waals surface area (Å²) in [6.07, 6.45) is 99.9. The van der Waals surface area contributed by atoms with Crippen LogP contribution in [0.2, 0.25) is 0 Å². The number of nitrogens with zero attached hydrogens (tertiary/aromatic N) is 1. The van der Waals surface area contributed by atoms with Gasteiger partial charge in [0.25, 0.3) is 6.29 Å². The summed E-state index contributed by atoms with van der Waals surface area (Å²) >= 11 is 0. The van der Waals surface area contributed by atoms with Crippen LogP contribution in [0.1, 0.15) is 483 Å². The molecule has 0 radical (unpaired) electrons. The molecule has 0 aromatic rings. The molecule has 2 unspecified atom stereocenters. The lowest BCUT2D eigenvalue weighted by Crippen LogP contribution is -2.40. The van der Waals surface area contributed by atoms with E-state index in [1.54, 1.807) is 0 Å². The minimum absolute atomic E-state index is 0.173. The van der Waals surface area contributed by atoms with Gasteiger partial charge in [0.05, 0.1) is 34.4 Å². The second kappa shape index (κ2) is 80.7. The summed E-state index contributed by atoms with van der Waals surface area (Å²) in [5.74, 6) is -1.96. The number of rotatable bonds is 85. The van der Waals surface area contributed by atoms with Crippen LogP contribution in [0, 0.1) is 0 Å². The third-order valence-corrected chi connectivity index (χ3v) is 20.8. The van der Waals surface area contributed by atoms with Gasteiger partial charge < -0.3 is 28.5 Å². The molecule has 0 fully saturated rings. The molecule has 0 aliphatic heterocycles. The van der Waals surface area contributed by atoms with Crippen molar-refractivity contribution in [3.05, 3.63) is 12.2 Å². The van der Waals surface area contributed by atoms with Crippen molar-refractivity contribution < 1.29 is 42.9 Å². The van der Waals surface area contributed by atoms with Crippen LogP contribution in [0.3, 0.4) is 0 Å². The summed E-state index contributed by atoms with van der Waals surface area (Å²) in [5.41, 5.74) is 0. The second-order valence-corrected chi connectivity index (χ2v) is 31.9. The number of unbranched alkanes of at least 4 members (excludes halogenated alkanes) is 68. The van der Waals surface area contributed by atoms with Crippen LogP contribution in [0.4, 0.5) is 0 Å². The van der Waals surface area contributed by atoms with Crippen LogP contribution in [-0.4, -0.2) is 87.4 Å². The van der Waals surface area contributed by atoms with Gasteiger partial charge in [-0.2, -0.15) is 0 Å². The molecule has 0 saturated carbocycles. The lowest BCUT2D eigenvalue weighted by Gasteiger charge is -2.25. The molecule has 0 aliphatic carbocycles. The predicted octanol–water partition coefficient (Wildman–Crippen LogP) is 28.7. The molecule has 9 nitrogen and oxygen atoms in total. The molecule has 0 amide bonds. The number of aliphatic carboxylic acids is 1. The lowest BCUT2D eigenvalue weighted by atomic mass is 10.0. The molecule has 0 aliphatic rings. The van der Waals surface area contributed by atoms with Gasteiger partial charge in [0.15, 0.2) is 6.10 Å². The average molecular weight is 1390 g/mol. The van der Waals surface area contributed by atoms with E-state index in [0.717, 1.165) is 38.5 Å². The number of quaternary nitrogens is 1. The number of allylic oxidation sites excluding steroid dienone is 2. The van der Waals surface area contributed by atoms with Crippen LogP contribution in [0.5, 0.6) is 0 Å². The minimum Gasteiger partial charge on any atom is -0.477 e. The van der Waals surface area contributed by atoms with E-state index in [2.05, 4.69) is 26.0 Å². The fourth-order valence-electron chi connectivity index (χ4n) is 14.0. The highest BCUT2D eigenvalue weighted by molar-refractivity contribution is 5.71. The highest BCUT2D eigenvalue weighted by atomic mass is 16.7. The van der Waals surface area contributed by atoms with E-state index < -0.39 is 18.4 Å². The molecule has 98 heavy (non-hydrogen) atoms. The first kappa shape index (κ1) is 96.0. The summed E-state index contributed by atoms with van der Waals surface area (Å²) in [4.78, 5) is 37.8. The Labute approximate surface area is 612 Å². The quantitative estimate of drug-likeness (QED) is 0.0211. The van der Waals surface area contributed by atoms with E-state index in [4.69, 9.17) is 18.9 Å². The minimum atomic E-state index is -1.51. The van der Waals surface area contributed by atoms with E-state index in [0.29, 0.717) is 17.4 Å². The molecule has 0 saturated heterocycles. The molecule has 0 aromatic carbocycles. The van der Waals surface area contributed by atoms with Gasteiger partial charge in [-0.15, -0.1) is 0 Å². The van der Waals surface area contributed by atoms with Gasteiger partial charge in [0.1, 0.15) is 13.2 Å². The Balaban J connectivity index is 3.88. The monoisotopic (exact) mass is 1390 g/mol. The van der Waals surface area contributed by atoms with E-state index >= 15 is 0 Å². The number of carboxylic acid groups (broad SMARTS) is 1. The summed E-state index contributed by atoms with van der Waals surface area (Å²) < 4.78 is 23.1. The molecule has 2 atom stereocenters. The highest BCUT2D eigenvalue weighted by Gasteiger charge is 2.25. The molecule has 0 bridgehead atoms. The maximum atomic E-state index is 13.0. The molecular weight excluding hydrogens is 1210 g/mol. The fraction of sp³-hybridized carbons (Fsp3) is 0.944. The first-order valence-corrected chi connectivity index (χ1v) is 44.4. The molecular formula is C89H174NO8+. The van der Waals surface area contributed by atoms with Crippen molar-refractivity contribution in [1.82, 2.24) is 0 Å². The van der Waals surface area contributed by atoms with Crippen molar-refractivity contribution in [3.63, 3.8) is 0 Å². The van der Waals surface area contributed by atoms with Gasteiger partial charge in [0.2, 0.25) is 0 Å². The molecule has 0 spiro atoms. The lowest BCUT2D eigenvalue weighted by molar-refractivity contribution is -0.870. The van der Waals surface area contributed by atoms with E-state index in [-0.39, 0.29) is 38.2 Å². The zero-order chi connectivity index (χ0) is 71.1. The zero-order valence-electron chi connectivity index (χ0n) is 67.0. The number of hydrogen-bond acceptors (Lipinski definition) is 7. The van der Waals surface area contributed by atoms with Crippen LogP contribution >= 0.6 is 0 Å². The number of carboxylic acids is 1.